The van der Waals surface area contributed by atoms with E-state index in [9.17, 15) is 17.3 Å². The minimum absolute atomic E-state index is 0.410. The molecule has 0 heterocycles. The molecule has 7 heteroatoms. The highest BCUT2D eigenvalue weighted by Gasteiger charge is 2.38. The second-order valence-electron chi connectivity index (χ2n) is 7.58. The van der Waals surface area contributed by atoms with Gasteiger partial charge in [-0.05, 0) is 82.6 Å². The van der Waals surface area contributed by atoms with E-state index in [0.29, 0.717) is 0 Å². The monoisotopic (exact) mass is 406 g/mol. The quantitative estimate of drug-likeness (QED) is 0.294. The molecule has 1 aromatic carbocycles. The summed E-state index contributed by atoms with van der Waals surface area (Å²) in [6.07, 6.45) is 14.8. The minimum Gasteiger partial charge on any atom is -0.494 e. The van der Waals surface area contributed by atoms with Gasteiger partial charge in [-0.1, -0.05) is 12.8 Å². The van der Waals surface area contributed by atoms with Gasteiger partial charge < -0.3 is 22.0 Å². The topological polar surface area (TPSA) is 9.23 Å². The van der Waals surface area contributed by atoms with E-state index in [2.05, 4.69) is 31.2 Å². The Balaban J connectivity index is 0.000000465. The third-order valence-corrected chi connectivity index (χ3v) is 9.50. The van der Waals surface area contributed by atoms with Crippen molar-refractivity contribution in [3.05, 3.63) is 24.3 Å². The van der Waals surface area contributed by atoms with Crippen LogP contribution in [-0.2, 0) is 0 Å². The fraction of sp³-hybridized carbons (Fsp3) is 0.700. The molecule has 0 amide bonds. The SMILES string of the molecule is CCOc1ccc([PH+](C2CCCCC2)C2CCCCC2)cc1.F[B-](F)(F)F. The van der Waals surface area contributed by atoms with Crippen molar-refractivity contribution in [3.8, 4) is 5.75 Å². The number of rotatable bonds is 5. The Hall–Kier alpha value is -0.765. The van der Waals surface area contributed by atoms with Gasteiger partial charge in [-0.2, -0.15) is 0 Å². The Kier molecular flexibility index (Phi) is 9.42. The summed E-state index contributed by atoms with van der Waals surface area (Å²) < 4.78 is 44.6. The second kappa shape index (κ2) is 11.3. The van der Waals surface area contributed by atoms with Crippen LogP contribution in [0.3, 0.4) is 0 Å². The molecule has 2 saturated carbocycles. The zero-order valence-electron chi connectivity index (χ0n) is 16.2. The average Bonchev–Trinajstić information content (AvgIpc) is 2.64. The normalized spacial score (nSPS) is 19.5. The van der Waals surface area contributed by atoms with Crippen LogP contribution in [0.4, 0.5) is 17.3 Å². The molecule has 0 atom stereocenters. The first-order valence-corrected chi connectivity index (χ1v) is 12.0. The first kappa shape index (κ1) is 22.5. The van der Waals surface area contributed by atoms with Gasteiger partial charge in [0.1, 0.15) is 5.75 Å². The van der Waals surface area contributed by atoms with Crippen LogP contribution in [0.2, 0.25) is 0 Å². The van der Waals surface area contributed by atoms with Gasteiger partial charge in [-0.3, -0.25) is 0 Å². The van der Waals surface area contributed by atoms with Crippen LogP contribution >= 0.6 is 7.92 Å². The summed E-state index contributed by atoms with van der Waals surface area (Å²) in [5, 5.41) is 1.69. The summed E-state index contributed by atoms with van der Waals surface area (Å²) in [6, 6.07) is 9.25. The van der Waals surface area contributed by atoms with Crippen LogP contribution in [0.5, 0.6) is 5.75 Å². The predicted molar refractivity (Wildman–Crippen MR) is 109 cm³/mol. The molecule has 0 radical (unpaired) electrons. The van der Waals surface area contributed by atoms with Crippen molar-refractivity contribution in [2.75, 3.05) is 6.61 Å². The van der Waals surface area contributed by atoms with Crippen LogP contribution in [0.15, 0.2) is 24.3 Å². The van der Waals surface area contributed by atoms with E-state index in [1.807, 2.05) is 0 Å². The largest absolute Gasteiger partial charge is 0.673 e. The van der Waals surface area contributed by atoms with Crippen LogP contribution in [0.1, 0.15) is 71.1 Å². The molecule has 0 aliphatic heterocycles. The van der Waals surface area contributed by atoms with Crippen LogP contribution in [0, 0.1) is 0 Å². The first-order valence-electron chi connectivity index (χ1n) is 10.4. The van der Waals surface area contributed by atoms with E-state index in [1.165, 1.54) is 64.2 Å². The summed E-state index contributed by atoms with van der Waals surface area (Å²) in [4.78, 5) is 0. The molecule has 0 saturated heterocycles. The molecule has 0 aromatic heterocycles. The molecule has 0 unspecified atom stereocenters. The third kappa shape index (κ3) is 8.42. The molecule has 2 fully saturated rings. The molecular weight excluding hydrogens is 374 g/mol. The van der Waals surface area contributed by atoms with Crippen molar-refractivity contribution in [1.82, 2.24) is 0 Å². The summed E-state index contributed by atoms with van der Waals surface area (Å²) in [7, 11) is -6.41. The number of benzene rings is 1. The van der Waals surface area contributed by atoms with E-state index in [0.717, 1.165) is 23.7 Å². The van der Waals surface area contributed by atoms with Crippen LogP contribution in [-0.4, -0.2) is 25.2 Å². The van der Waals surface area contributed by atoms with Gasteiger partial charge in [-0.15, -0.1) is 0 Å². The van der Waals surface area contributed by atoms with Crippen molar-refractivity contribution in [2.24, 2.45) is 0 Å². The zero-order chi connectivity index (χ0) is 19.7. The molecule has 2 aliphatic carbocycles. The number of ether oxygens (including phenoxy) is 1. The van der Waals surface area contributed by atoms with Crippen molar-refractivity contribution >= 4 is 20.5 Å². The van der Waals surface area contributed by atoms with Crippen molar-refractivity contribution in [2.45, 2.75) is 82.4 Å². The first-order chi connectivity index (χ1) is 12.9. The highest BCUT2D eigenvalue weighted by atomic mass is 31.1. The molecule has 27 heavy (non-hydrogen) atoms. The zero-order valence-corrected chi connectivity index (χ0v) is 17.2. The number of hydrogen-bond donors (Lipinski definition) is 0. The summed E-state index contributed by atoms with van der Waals surface area (Å²) >= 11 is 0. The van der Waals surface area contributed by atoms with Crippen molar-refractivity contribution in [3.63, 3.8) is 0 Å². The summed E-state index contributed by atoms with van der Waals surface area (Å²) in [6.45, 7) is 2.83. The van der Waals surface area contributed by atoms with E-state index in [-0.39, 0.29) is 0 Å². The molecule has 1 aromatic rings. The van der Waals surface area contributed by atoms with Gasteiger partial charge in [0.15, 0.2) is 0 Å². The summed E-state index contributed by atoms with van der Waals surface area (Å²) in [5.41, 5.74) is 2.06. The second-order valence-corrected chi connectivity index (χ2v) is 10.7. The van der Waals surface area contributed by atoms with Gasteiger partial charge in [0.05, 0.1) is 23.2 Å². The molecule has 2 aliphatic rings. The number of hydrogen-bond acceptors (Lipinski definition) is 1. The lowest BCUT2D eigenvalue weighted by Gasteiger charge is -2.32. The lowest BCUT2D eigenvalue weighted by molar-refractivity contribution is 0.340. The Morgan fingerprint density at radius 2 is 1.22 bits per heavy atom. The Morgan fingerprint density at radius 1 is 0.815 bits per heavy atom. The van der Waals surface area contributed by atoms with Gasteiger partial charge in [0, 0.05) is 7.92 Å². The van der Waals surface area contributed by atoms with Gasteiger partial charge in [0.2, 0.25) is 0 Å². The molecule has 154 valence electrons. The lowest BCUT2D eigenvalue weighted by Crippen LogP contribution is -2.26. The predicted octanol–water partition coefficient (Wildman–Crippen LogP) is 6.89. The van der Waals surface area contributed by atoms with E-state index < -0.39 is 15.2 Å². The Labute approximate surface area is 162 Å². The lowest BCUT2D eigenvalue weighted by atomic mass is 9.99. The standard InChI is InChI=1S/C20H31OP.BF4/c1-2-21-17-13-15-20(16-14-17)22(18-9-5-3-6-10-18)19-11-7-4-8-12-19;2-1(3,4)5/h13-16,18-19H,2-12H2,1H3;/q;-1/p+1. The van der Waals surface area contributed by atoms with Crippen molar-refractivity contribution < 1.29 is 22.0 Å². The number of halogens is 4. The van der Waals surface area contributed by atoms with Gasteiger partial charge in [0.25, 0.3) is 0 Å². The highest BCUT2D eigenvalue weighted by Crippen LogP contribution is 2.54. The molecular formula is C20H32BF4OP. The molecule has 0 N–H and O–H groups in total. The van der Waals surface area contributed by atoms with Crippen molar-refractivity contribution in [1.29, 1.82) is 0 Å². The minimum atomic E-state index is -6.00. The molecule has 0 bridgehead atoms. The highest BCUT2D eigenvalue weighted by molar-refractivity contribution is 7.67. The van der Waals surface area contributed by atoms with Crippen LogP contribution < -0.4 is 10.0 Å². The Bertz CT molecular complexity index is 502. The maximum atomic E-state index is 9.75. The maximum Gasteiger partial charge on any atom is 0.673 e. The average molecular weight is 406 g/mol. The van der Waals surface area contributed by atoms with Gasteiger partial charge >= 0.3 is 7.25 Å². The van der Waals surface area contributed by atoms with E-state index in [4.69, 9.17) is 4.74 Å². The molecule has 0 spiro atoms. The van der Waals surface area contributed by atoms with Crippen LogP contribution in [0.25, 0.3) is 0 Å². The van der Waals surface area contributed by atoms with Gasteiger partial charge in [-0.25, -0.2) is 0 Å². The fourth-order valence-corrected chi connectivity index (χ4v) is 8.76. The molecule has 1 nitrogen and oxygen atoms in total. The van der Waals surface area contributed by atoms with E-state index in [1.54, 1.807) is 5.30 Å². The summed E-state index contributed by atoms with van der Waals surface area (Å²) in [5.74, 6) is 1.04. The maximum absolute atomic E-state index is 9.75. The van der Waals surface area contributed by atoms with E-state index >= 15 is 0 Å². The third-order valence-electron chi connectivity index (χ3n) is 5.59. The fourth-order valence-electron chi connectivity index (χ4n) is 4.54. The smallest absolute Gasteiger partial charge is 0.494 e. The Morgan fingerprint density at radius 3 is 1.59 bits per heavy atom. The molecule has 3 rings (SSSR count).